The van der Waals surface area contributed by atoms with Crippen LogP contribution >= 0.6 is 0 Å². The van der Waals surface area contributed by atoms with Gasteiger partial charge in [-0.25, -0.2) is 4.99 Å². The maximum atomic E-state index is 11.8. The van der Waals surface area contributed by atoms with E-state index in [2.05, 4.69) is 35.0 Å². The second-order valence-electron chi connectivity index (χ2n) is 7.25. The van der Waals surface area contributed by atoms with E-state index in [0.717, 1.165) is 30.9 Å². The molecule has 2 aromatic carbocycles. The third kappa shape index (κ3) is 7.14. The molecule has 1 fully saturated rings. The second kappa shape index (κ2) is 10.5. The molecule has 0 saturated heterocycles. The maximum absolute atomic E-state index is 11.8. The predicted octanol–water partition coefficient (Wildman–Crippen LogP) is 3.16. The first-order valence-corrected chi connectivity index (χ1v) is 10.2. The van der Waals surface area contributed by atoms with E-state index >= 15 is 0 Å². The van der Waals surface area contributed by atoms with Gasteiger partial charge >= 0.3 is 0 Å². The van der Waals surface area contributed by atoms with Crippen LogP contribution in [-0.2, 0) is 11.3 Å². The molecule has 1 amide bonds. The summed E-state index contributed by atoms with van der Waals surface area (Å²) in [5, 5.41) is 9.65. The number of carbonyl (C=O) groups is 1. The first-order chi connectivity index (χ1) is 14.1. The van der Waals surface area contributed by atoms with Crippen LogP contribution in [0.5, 0.6) is 5.75 Å². The number of ether oxygens (including phenoxy) is 1. The lowest BCUT2D eigenvalue weighted by atomic mass is 10.1. The van der Waals surface area contributed by atoms with E-state index < -0.39 is 0 Å². The lowest BCUT2D eigenvalue weighted by molar-refractivity contribution is -0.123. The number of aliphatic imine (C=N–C) groups is 1. The van der Waals surface area contributed by atoms with Crippen LogP contribution < -0.4 is 20.7 Å². The molecule has 29 heavy (non-hydrogen) atoms. The van der Waals surface area contributed by atoms with Crippen LogP contribution in [0.1, 0.15) is 43.9 Å². The molecule has 0 radical (unpaired) electrons. The molecule has 1 unspecified atom stereocenters. The number of rotatable bonds is 9. The molecule has 0 spiro atoms. The highest BCUT2D eigenvalue weighted by Crippen LogP contribution is 2.19. The molecule has 1 aliphatic rings. The van der Waals surface area contributed by atoms with E-state index in [9.17, 15) is 4.79 Å². The van der Waals surface area contributed by atoms with Gasteiger partial charge in [0.15, 0.2) is 12.6 Å². The van der Waals surface area contributed by atoms with Gasteiger partial charge in [0.25, 0.3) is 5.91 Å². The molecule has 1 saturated carbocycles. The Bertz CT molecular complexity index is 819. The fraction of sp³-hybridized carbons (Fsp3) is 0.391. The Labute approximate surface area is 172 Å². The van der Waals surface area contributed by atoms with Gasteiger partial charge in [-0.2, -0.15) is 0 Å². The van der Waals surface area contributed by atoms with Crippen molar-refractivity contribution in [2.45, 2.75) is 45.3 Å². The fourth-order valence-electron chi connectivity index (χ4n) is 2.90. The smallest absolute Gasteiger partial charge is 0.258 e. The highest BCUT2D eigenvalue weighted by atomic mass is 16.5. The van der Waals surface area contributed by atoms with Crippen molar-refractivity contribution in [3.8, 4) is 5.75 Å². The number of benzene rings is 2. The summed E-state index contributed by atoms with van der Waals surface area (Å²) in [6, 6.07) is 18.5. The summed E-state index contributed by atoms with van der Waals surface area (Å²) in [4.78, 5) is 16.5. The van der Waals surface area contributed by atoms with Crippen molar-refractivity contribution in [2.75, 3.05) is 13.2 Å². The van der Waals surface area contributed by atoms with Gasteiger partial charge in [0.2, 0.25) is 0 Å². The van der Waals surface area contributed by atoms with E-state index in [0.29, 0.717) is 18.3 Å². The highest BCUT2D eigenvalue weighted by molar-refractivity contribution is 5.80. The molecule has 6 heteroatoms. The predicted molar refractivity (Wildman–Crippen MR) is 116 cm³/mol. The highest BCUT2D eigenvalue weighted by Gasteiger charge is 2.23. The standard InChI is InChI=1S/C23H30N4O2/c1-3-24-23(26-17(2)19-9-5-4-6-10-19)25-15-18-8-7-11-21(14-18)29-16-22(28)27-20-12-13-20/h4-11,14,17,20H,3,12-13,15-16H2,1-2H3,(H,27,28)(H2,24,25,26). The van der Waals surface area contributed by atoms with Crippen molar-refractivity contribution in [2.24, 2.45) is 4.99 Å². The molecule has 3 rings (SSSR count). The zero-order valence-electron chi connectivity index (χ0n) is 17.2. The van der Waals surface area contributed by atoms with Crippen molar-refractivity contribution in [1.29, 1.82) is 0 Å². The molecule has 2 aromatic rings. The average molecular weight is 395 g/mol. The Morgan fingerprint density at radius 2 is 1.97 bits per heavy atom. The number of amides is 1. The van der Waals surface area contributed by atoms with Gasteiger partial charge < -0.3 is 20.7 Å². The molecular weight excluding hydrogens is 364 g/mol. The summed E-state index contributed by atoms with van der Waals surface area (Å²) in [6.07, 6.45) is 2.15. The summed E-state index contributed by atoms with van der Waals surface area (Å²) in [7, 11) is 0. The average Bonchev–Trinajstić information content (AvgIpc) is 3.55. The second-order valence-corrected chi connectivity index (χ2v) is 7.25. The van der Waals surface area contributed by atoms with Crippen molar-refractivity contribution in [1.82, 2.24) is 16.0 Å². The Kier molecular flexibility index (Phi) is 7.50. The third-order valence-electron chi connectivity index (χ3n) is 4.63. The van der Waals surface area contributed by atoms with Crippen LogP contribution in [0.4, 0.5) is 0 Å². The largest absolute Gasteiger partial charge is 0.484 e. The SMILES string of the molecule is CCNC(=NCc1cccc(OCC(=O)NC2CC2)c1)NC(C)c1ccccc1. The topological polar surface area (TPSA) is 74.8 Å². The lowest BCUT2D eigenvalue weighted by Crippen LogP contribution is -2.38. The minimum Gasteiger partial charge on any atom is -0.484 e. The molecule has 1 aliphatic carbocycles. The van der Waals surface area contributed by atoms with Crippen LogP contribution in [0, 0.1) is 0 Å². The zero-order chi connectivity index (χ0) is 20.5. The van der Waals surface area contributed by atoms with Gasteiger partial charge in [0.1, 0.15) is 5.75 Å². The zero-order valence-corrected chi connectivity index (χ0v) is 17.2. The Morgan fingerprint density at radius 1 is 1.17 bits per heavy atom. The van der Waals surface area contributed by atoms with E-state index in [1.54, 1.807) is 0 Å². The first-order valence-electron chi connectivity index (χ1n) is 10.2. The molecule has 154 valence electrons. The molecule has 0 aliphatic heterocycles. The van der Waals surface area contributed by atoms with Crippen LogP contribution in [-0.4, -0.2) is 31.1 Å². The van der Waals surface area contributed by atoms with Gasteiger partial charge in [-0.3, -0.25) is 4.79 Å². The van der Waals surface area contributed by atoms with Gasteiger partial charge in [0.05, 0.1) is 12.6 Å². The lowest BCUT2D eigenvalue weighted by Gasteiger charge is -2.18. The molecule has 0 aromatic heterocycles. The Morgan fingerprint density at radius 3 is 2.69 bits per heavy atom. The first kappa shape index (κ1) is 20.7. The Balaban J connectivity index is 1.56. The monoisotopic (exact) mass is 394 g/mol. The van der Waals surface area contributed by atoms with Crippen molar-refractivity contribution in [3.05, 3.63) is 65.7 Å². The number of guanidine groups is 1. The molecule has 6 nitrogen and oxygen atoms in total. The van der Waals surface area contributed by atoms with Gasteiger partial charge in [-0.15, -0.1) is 0 Å². The number of hydrogen-bond acceptors (Lipinski definition) is 3. The number of carbonyl (C=O) groups excluding carboxylic acids is 1. The van der Waals surface area contributed by atoms with E-state index in [1.165, 1.54) is 5.56 Å². The van der Waals surface area contributed by atoms with Crippen LogP contribution in [0.3, 0.4) is 0 Å². The number of nitrogens with zero attached hydrogens (tertiary/aromatic N) is 1. The van der Waals surface area contributed by atoms with Crippen molar-refractivity contribution < 1.29 is 9.53 Å². The summed E-state index contributed by atoms with van der Waals surface area (Å²) < 4.78 is 5.62. The van der Waals surface area contributed by atoms with Crippen LogP contribution in [0.15, 0.2) is 59.6 Å². The summed E-state index contributed by atoms with van der Waals surface area (Å²) in [5.41, 5.74) is 2.23. The minimum atomic E-state index is -0.0653. The minimum absolute atomic E-state index is 0.0437. The van der Waals surface area contributed by atoms with Gasteiger partial charge in [-0.05, 0) is 49.9 Å². The number of hydrogen-bond donors (Lipinski definition) is 3. The molecule has 3 N–H and O–H groups in total. The molecule has 1 atom stereocenters. The molecule has 0 bridgehead atoms. The molecular formula is C23H30N4O2. The van der Waals surface area contributed by atoms with E-state index in [4.69, 9.17) is 9.73 Å². The van der Waals surface area contributed by atoms with Gasteiger partial charge in [0, 0.05) is 12.6 Å². The summed E-state index contributed by atoms with van der Waals surface area (Å²) in [6.45, 7) is 5.51. The van der Waals surface area contributed by atoms with E-state index in [1.807, 2.05) is 49.4 Å². The van der Waals surface area contributed by atoms with E-state index in [-0.39, 0.29) is 18.6 Å². The van der Waals surface area contributed by atoms with Crippen LogP contribution in [0.2, 0.25) is 0 Å². The normalized spacial score (nSPS) is 14.8. The fourth-order valence-corrected chi connectivity index (χ4v) is 2.90. The Hall–Kier alpha value is -3.02. The molecule has 0 heterocycles. The quantitative estimate of drug-likeness (QED) is 0.451. The van der Waals surface area contributed by atoms with Crippen LogP contribution in [0.25, 0.3) is 0 Å². The van der Waals surface area contributed by atoms with Gasteiger partial charge in [-0.1, -0.05) is 42.5 Å². The van der Waals surface area contributed by atoms with Crippen molar-refractivity contribution >= 4 is 11.9 Å². The summed E-state index contributed by atoms with van der Waals surface area (Å²) in [5.74, 6) is 1.38. The van der Waals surface area contributed by atoms with Crippen molar-refractivity contribution in [3.63, 3.8) is 0 Å². The summed E-state index contributed by atoms with van der Waals surface area (Å²) >= 11 is 0. The third-order valence-corrected chi connectivity index (χ3v) is 4.63. The maximum Gasteiger partial charge on any atom is 0.258 e. The number of nitrogens with one attached hydrogen (secondary N) is 3.